The van der Waals surface area contributed by atoms with Gasteiger partial charge in [-0.2, -0.15) is 34.0 Å². The summed E-state index contributed by atoms with van der Waals surface area (Å²) >= 11 is 0. The fourth-order valence-corrected chi connectivity index (χ4v) is 1.53. The molecule has 0 aliphatic rings. The van der Waals surface area contributed by atoms with E-state index in [2.05, 4.69) is 32.9 Å². The SMILES string of the molecule is Cc1c[c-]c([SiH3])c(C)c1C.[Pt]. The zero-order chi connectivity index (χ0) is 7.72. The Labute approximate surface area is 86.1 Å². The van der Waals surface area contributed by atoms with Gasteiger partial charge in [0, 0.05) is 31.3 Å². The summed E-state index contributed by atoms with van der Waals surface area (Å²) in [6, 6.07) is 5.36. The van der Waals surface area contributed by atoms with E-state index in [-0.39, 0.29) is 21.1 Å². The number of hydrogen-bond donors (Lipinski definition) is 0. The van der Waals surface area contributed by atoms with Gasteiger partial charge < -0.3 is 0 Å². The largest absolute Gasteiger partial charge is 0.185 e. The van der Waals surface area contributed by atoms with Crippen LogP contribution in [0, 0.1) is 26.8 Å². The van der Waals surface area contributed by atoms with Crippen LogP contribution < -0.4 is 5.19 Å². The van der Waals surface area contributed by atoms with Crippen LogP contribution in [0.3, 0.4) is 0 Å². The normalized spacial score (nSPS) is 9.36. The molecule has 0 radical (unpaired) electrons. The molecule has 1 rings (SSSR count). The van der Waals surface area contributed by atoms with Crippen molar-refractivity contribution in [1.82, 2.24) is 0 Å². The zero-order valence-corrected chi connectivity index (χ0v) is 11.7. The Bertz CT molecular complexity index is 229. The molecular formula is C9H13PtSi-. The second-order valence-corrected chi connectivity index (χ2v) is 3.85. The number of rotatable bonds is 0. The molecule has 1 aromatic carbocycles. The molecule has 2 heteroatoms. The van der Waals surface area contributed by atoms with Crippen molar-refractivity contribution in [3.63, 3.8) is 0 Å². The predicted octanol–water partition coefficient (Wildman–Crippen LogP) is 0.400. The van der Waals surface area contributed by atoms with E-state index >= 15 is 0 Å². The molecule has 0 N–H and O–H groups in total. The molecule has 0 saturated carbocycles. The van der Waals surface area contributed by atoms with Crippen LogP contribution in [0.1, 0.15) is 16.7 Å². The Balaban J connectivity index is 0.000001000. The summed E-state index contributed by atoms with van der Waals surface area (Å²) < 4.78 is 0. The van der Waals surface area contributed by atoms with Crippen molar-refractivity contribution in [1.29, 1.82) is 0 Å². The van der Waals surface area contributed by atoms with Crippen LogP contribution in [0.15, 0.2) is 6.07 Å². The summed E-state index contributed by atoms with van der Waals surface area (Å²) in [5, 5.41) is 1.41. The number of benzene rings is 1. The van der Waals surface area contributed by atoms with E-state index in [1.54, 1.807) is 0 Å². The summed E-state index contributed by atoms with van der Waals surface area (Å²) in [5.74, 6) is 0. The summed E-state index contributed by atoms with van der Waals surface area (Å²) in [7, 11) is 1.12. The Kier molecular flexibility index (Phi) is 4.27. The van der Waals surface area contributed by atoms with Gasteiger partial charge >= 0.3 is 0 Å². The summed E-state index contributed by atoms with van der Waals surface area (Å²) in [5.41, 5.74) is 4.23. The number of aryl methyl sites for hydroxylation is 1. The van der Waals surface area contributed by atoms with E-state index < -0.39 is 0 Å². The smallest absolute Gasteiger partial charge is 0.00960 e. The third-order valence-corrected chi connectivity index (χ3v) is 3.26. The van der Waals surface area contributed by atoms with Crippen LogP contribution in [0.5, 0.6) is 0 Å². The molecular weight excluding hydrogens is 331 g/mol. The Morgan fingerprint density at radius 1 is 1.18 bits per heavy atom. The zero-order valence-electron chi connectivity index (χ0n) is 7.39. The minimum absolute atomic E-state index is 0. The van der Waals surface area contributed by atoms with Crippen molar-refractivity contribution < 1.29 is 21.1 Å². The molecule has 0 bridgehead atoms. The van der Waals surface area contributed by atoms with E-state index in [1.165, 1.54) is 21.9 Å². The van der Waals surface area contributed by atoms with Crippen LogP contribution >= 0.6 is 0 Å². The van der Waals surface area contributed by atoms with Crippen LogP contribution in [0.25, 0.3) is 0 Å². The van der Waals surface area contributed by atoms with Gasteiger partial charge in [0.2, 0.25) is 0 Å². The molecule has 0 saturated heterocycles. The maximum Gasteiger partial charge on any atom is 0.00960 e. The third-order valence-electron chi connectivity index (χ3n) is 2.22. The average Bonchev–Trinajstić information content (AvgIpc) is 1.93. The molecule has 0 aromatic heterocycles. The minimum Gasteiger partial charge on any atom is -0.185 e. The second kappa shape index (κ2) is 4.23. The Morgan fingerprint density at radius 2 is 1.73 bits per heavy atom. The van der Waals surface area contributed by atoms with Crippen LogP contribution in [-0.2, 0) is 21.1 Å². The first-order chi connectivity index (χ1) is 4.63. The van der Waals surface area contributed by atoms with Gasteiger partial charge in [0.1, 0.15) is 0 Å². The van der Waals surface area contributed by atoms with Crippen molar-refractivity contribution in [2.45, 2.75) is 20.8 Å². The molecule has 0 nitrogen and oxygen atoms in total. The molecule has 0 spiro atoms. The molecule has 1 aromatic rings. The van der Waals surface area contributed by atoms with Gasteiger partial charge in [0.25, 0.3) is 0 Å². The molecule has 0 aliphatic heterocycles. The van der Waals surface area contributed by atoms with Crippen molar-refractivity contribution in [2.24, 2.45) is 0 Å². The fourth-order valence-electron chi connectivity index (χ4n) is 1.01. The molecule has 0 aliphatic carbocycles. The van der Waals surface area contributed by atoms with E-state index in [0.717, 1.165) is 10.2 Å². The van der Waals surface area contributed by atoms with Gasteiger partial charge in [-0.05, 0) is 0 Å². The van der Waals surface area contributed by atoms with Gasteiger partial charge in [0.05, 0.1) is 0 Å². The number of hydrogen-bond acceptors (Lipinski definition) is 0. The Hall–Kier alpha value is 0.125. The molecule has 0 heterocycles. The van der Waals surface area contributed by atoms with Gasteiger partial charge in [0.15, 0.2) is 0 Å². The fraction of sp³-hybridized carbons (Fsp3) is 0.333. The summed E-state index contributed by atoms with van der Waals surface area (Å²) in [6.07, 6.45) is 0. The van der Waals surface area contributed by atoms with Gasteiger partial charge in [-0.25, -0.2) is 0 Å². The molecule has 64 valence electrons. The first kappa shape index (κ1) is 11.1. The van der Waals surface area contributed by atoms with Gasteiger partial charge in [-0.1, -0.05) is 20.8 Å². The molecule has 11 heavy (non-hydrogen) atoms. The first-order valence-electron chi connectivity index (χ1n) is 3.58. The minimum atomic E-state index is 0. The van der Waals surface area contributed by atoms with Crippen molar-refractivity contribution in [2.75, 3.05) is 0 Å². The average molecular weight is 344 g/mol. The van der Waals surface area contributed by atoms with Crippen LogP contribution in [0.4, 0.5) is 0 Å². The molecule has 0 fully saturated rings. The van der Waals surface area contributed by atoms with Gasteiger partial charge in [-0.3, -0.25) is 0 Å². The van der Waals surface area contributed by atoms with E-state index in [0.29, 0.717) is 0 Å². The van der Waals surface area contributed by atoms with Gasteiger partial charge in [-0.15, -0.1) is 0 Å². The van der Waals surface area contributed by atoms with E-state index in [4.69, 9.17) is 0 Å². The van der Waals surface area contributed by atoms with E-state index in [1.807, 2.05) is 0 Å². The maximum atomic E-state index is 3.27. The Morgan fingerprint density at radius 3 is 2.18 bits per heavy atom. The van der Waals surface area contributed by atoms with E-state index in [9.17, 15) is 0 Å². The quantitative estimate of drug-likeness (QED) is 0.472. The monoisotopic (exact) mass is 344 g/mol. The molecule has 0 atom stereocenters. The standard InChI is InChI=1S/C9H13Si.Pt/c1-6-4-5-9(10)8(3)7(6)2;/h4H,1-3,10H3;/q-1;. The van der Waals surface area contributed by atoms with Crippen LogP contribution in [-0.4, -0.2) is 10.2 Å². The molecule has 0 unspecified atom stereocenters. The first-order valence-corrected chi connectivity index (χ1v) is 4.58. The van der Waals surface area contributed by atoms with Crippen molar-refractivity contribution >= 4 is 15.4 Å². The summed E-state index contributed by atoms with van der Waals surface area (Å²) in [4.78, 5) is 0. The predicted molar refractivity (Wildman–Crippen MR) is 49.1 cm³/mol. The maximum absolute atomic E-state index is 3.27. The van der Waals surface area contributed by atoms with Crippen molar-refractivity contribution in [3.05, 3.63) is 28.8 Å². The topological polar surface area (TPSA) is 0 Å². The van der Waals surface area contributed by atoms with Crippen LogP contribution in [0.2, 0.25) is 0 Å². The second-order valence-electron chi connectivity index (χ2n) is 2.85. The van der Waals surface area contributed by atoms with Crippen molar-refractivity contribution in [3.8, 4) is 0 Å². The summed E-state index contributed by atoms with van der Waals surface area (Å²) in [6.45, 7) is 6.50. The third kappa shape index (κ3) is 2.28. The molecule has 0 amide bonds.